The molecule has 0 aromatic heterocycles. The molecule has 3 aromatic carbocycles. The molecule has 0 atom stereocenters. The van der Waals surface area contributed by atoms with Crippen molar-refractivity contribution in [2.45, 2.75) is 6.92 Å². The van der Waals surface area contributed by atoms with Gasteiger partial charge < -0.3 is 0 Å². The van der Waals surface area contributed by atoms with Crippen molar-refractivity contribution in [3.05, 3.63) is 97.9 Å². The Morgan fingerprint density at radius 2 is 0.714 bits per heavy atom. The molecule has 0 fully saturated rings. The molecule has 3 rings (SSSR count). The zero-order chi connectivity index (χ0) is 14.9. The van der Waals surface area contributed by atoms with Crippen molar-refractivity contribution in [3.8, 4) is 0 Å². The summed E-state index contributed by atoms with van der Waals surface area (Å²) >= 11 is -2.14. The van der Waals surface area contributed by atoms with Crippen LogP contribution in [0.3, 0.4) is 0 Å². The Kier molecular flexibility index (Phi) is 6.55. The van der Waals surface area contributed by atoms with Crippen LogP contribution in [0.4, 0.5) is 0 Å². The Bertz CT molecular complexity index is 524. The summed E-state index contributed by atoms with van der Waals surface area (Å²) in [6.07, 6.45) is 0. The zero-order valence-corrected chi connectivity index (χ0v) is 15.7. The van der Waals surface area contributed by atoms with Crippen LogP contribution >= 0.6 is 0 Å². The number of hydrogen-bond acceptors (Lipinski definition) is 0. The van der Waals surface area contributed by atoms with Gasteiger partial charge in [-0.3, -0.25) is 0 Å². The number of benzene rings is 3. The van der Waals surface area contributed by atoms with Crippen LogP contribution in [0.15, 0.2) is 91.0 Å². The Morgan fingerprint density at radius 3 is 0.952 bits per heavy atom. The van der Waals surface area contributed by atoms with E-state index in [1.54, 1.807) is 17.7 Å². The van der Waals surface area contributed by atoms with Gasteiger partial charge in [0, 0.05) is 0 Å². The summed E-state index contributed by atoms with van der Waals surface area (Å²) in [4.78, 5) is 0. The minimum atomic E-state index is -2.14. The van der Waals surface area contributed by atoms with Gasteiger partial charge in [0.1, 0.15) is 0 Å². The standard InChI is InChI=1S/3C6H5.C2H5.Sn.H/c3*1-2-4-6-5-3-1;1-2;;/h3*1-5H;1H2,2H3;;. The van der Waals surface area contributed by atoms with Crippen LogP contribution in [0.25, 0.3) is 0 Å². The van der Waals surface area contributed by atoms with Crippen LogP contribution in [-0.4, -0.2) is 19.8 Å². The molecule has 0 spiro atoms. The second-order valence-corrected chi connectivity index (χ2v) is 12.8. The van der Waals surface area contributed by atoms with Crippen LogP contribution in [0.1, 0.15) is 6.92 Å². The molecule has 0 unspecified atom stereocenters. The zero-order valence-electron chi connectivity index (χ0n) is 12.4. The van der Waals surface area contributed by atoms with Crippen LogP contribution in [0, 0.1) is 6.92 Å². The molecule has 0 aliphatic rings. The maximum atomic E-state index is 3.25. The van der Waals surface area contributed by atoms with Gasteiger partial charge in [0.2, 0.25) is 0 Å². The fourth-order valence-corrected chi connectivity index (χ4v) is 11.0. The van der Waals surface area contributed by atoms with E-state index in [4.69, 9.17) is 0 Å². The van der Waals surface area contributed by atoms with E-state index in [1.807, 2.05) is 0 Å². The van der Waals surface area contributed by atoms with Crippen molar-refractivity contribution >= 4 is 30.5 Å². The van der Waals surface area contributed by atoms with Gasteiger partial charge in [-0.1, -0.05) is 13.8 Å². The fraction of sp³-hybridized carbons (Fsp3) is 0.0500. The Labute approximate surface area is 135 Å². The van der Waals surface area contributed by atoms with E-state index in [0.29, 0.717) is 0 Å². The van der Waals surface area contributed by atoms with E-state index in [9.17, 15) is 0 Å². The van der Waals surface area contributed by atoms with E-state index in [2.05, 4.69) is 97.9 Å². The minimum absolute atomic E-state index is 1.54. The predicted octanol–water partition coefficient (Wildman–Crippen LogP) is 2.78. The summed E-state index contributed by atoms with van der Waals surface area (Å²) in [7, 11) is 0. The van der Waals surface area contributed by atoms with Crippen molar-refractivity contribution in [3.63, 3.8) is 0 Å². The van der Waals surface area contributed by atoms with Gasteiger partial charge >= 0.3 is 121 Å². The van der Waals surface area contributed by atoms with Crippen LogP contribution in [0.2, 0.25) is 0 Å². The van der Waals surface area contributed by atoms with Crippen LogP contribution < -0.4 is 10.7 Å². The molecule has 0 N–H and O–H groups in total. The Hall–Kier alpha value is -1.54. The molecule has 1 radical (unpaired) electrons. The first-order valence-electron chi connectivity index (χ1n) is 7.31. The second-order valence-electron chi connectivity index (χ2n) is 4.67. The molecular weight excluding hydrogens is 359 g/mol. The van der Waals surface area contributed by atoms with Crippen molar-refractivity contribution in [2.75, 3.05) is 0 Å². The van der Waals surface area contributed by atoms with E-state index < -0.39 is 19.8 Å². The first-order valence-corrected chi connectivity index (χ1v) is 12.2. The van der Waals surface area contributed by atoms with E-state index in [1.165, 1.54) is 0 Å². The molecule has 0 heterocycles. The molecule has 0 amide bonds. The molecule has 0 aliphatic heterocycles. The molecular formula is C20H21Sn. The summed E-state index contributed by atoms with van der Waals surface area (Å²) in [6.45, 7) is 5.00. The molecule has 0 nitrogen and oxygen atoms in total. The number of rotatable bonds is 3. The monoisotopic (exact) mass is 381 g/mol. The van der Waals surface area contributed by atoms with Gasteiger partial charge in [0.05, 0.1) is 0 Å². The van der Waals surface area contributed by atoms with Crippen molar-refractivity contribution < 1.29 is 0 Å². The first kappa shape index (κ1) is 15.8. The molecule has 0 saturated carbocycles. The Morgan fingerprint density at radius 1 is 0.476 bits per heavy atom. The molecule has 1 heteroatoms. The van der Waals surface area contributed by atoms with Gasteiger partial charge in [0.15, 0.2) is 0 Å². The third-order valence-electron chi connectivity index (χ3n) is 3.40. The molecule has 0 saturated heterocycles. The summed E-state index contributed by atoms with van der Waals surface area (Å²) in [6, 6.07) is 33.0. The molecule has 0 aliphatic carbocycles. The van der Waals surface area contributed by atoms with Gasteiger partial charge in [-0.05, 0) is 0 Å². The third kappa shape index (κ3) is 4.21. The maximum absolute atomic E-state index is 3.25. The van der Waals surface area contributed by atoms with Crippen LogP contribution in [0.5, 0.6) is 0 Å². The number of hydrogen-bond donors (Lipinski definition) is 0. The van der Waals surface area contributed by atoms with E-state index >= 15 is 0 Å². The third-order valence-corrected chi connectivity index (χ3v) is 12.4. The second kappa shape index (κ2) is 8.68. The van der Waals surface area contributed by atoms with E-state index in [-0.39, 0.29) is 0 Å². The van der Waals surface area contributed by atoms with Gasteiger partial charge in [-0.2, -0.15) is 0 Å². The molecule has 0 bridgehead atoms. The fourth-order valence-electron chi connectivity index (χ4n) is 2.51. The predicted molar refractivity (Wildman–Crippen MR) is 96.4 cm³/mol. The van der Waals surface area contributed by atoms with Gasteiger partial charge in [0.25, 0.3) is 0 Å². The van der Waals surface area contributed by atoms with Gasteiger partial charge in [-0.15, -0.1) is 0 Å². The molecule has 3 aromatic rings. The van der Waals surface area contributed by atoms with Crippen LogP contribution in [-0.2, 0) is 0 Å². The average Bonchev–Trinajstić information content (AvgIpc) is 2.60. The summed E-state index contributed by atoms with van der Waals surface area (Å²) < 4.78 is 4.63. The summed E-state index contributed by atoms with van der Waals surface area (Å²) in [5.74, 6) is 0. The van der Waals surface area contributed by atoms with Crippen molar-refractivity contribution in [1.82, 2.24) is 0 Å². The van der Waals surface area contributed by atoms with Gasteiger partial charge in [-0.25, -0.2) is 0 Å². The average molecular weight is 380 g/mol. The van der Waals surface area contributed by atoms with Crippen molar-refractivity contribution in [2.24, 2.45) is 0 Å². The first-order chi connectivity index (χ1) is 10.4. The summed E-state index contributed by atoms with van der Waals surface area (Å²) in [5.41, 5.74) is 0. The topological polar surface area (TPSA) is 0 Å². The molecule has 105 valence electrons. The summed E-state index contributed by atoms with van der Waals surface area (Å²) in [5, 5.41) is 0. The SMILES string of the molecule is [CH2]C.c1cc[c]([SnH]([c]2ccccc2)[c]2ccccc2)cc1. The van der Waals surface area contributed by atoms with E-state index in [0.717, 1.165) is 0 Å². The van der Waals surface area contributed by atoms with Crippen molar-refractivity contribution in [1.29, 1.82) is 0 Å². The Balaban J connectivity index is 0.000000774. The normalized spacial score (nSPS) is 9.86. The molecule has 21 heavy (non-hydrogen) atoms. The quantitative estimate of drug-likeness (QED) is 0.614.